The zero-order valence-corrected chi connectivity index (χ0v) is 13.1. The first-order valence-electron chi connectivity index (χ1n) is 7.97. The van der Waals surface area contributed by atoms with Gasteiger partial charge in [0.15, 0.2) is 6.10 Å². The highest BCUT2D eigenvalue weighted by Crippen LogP contribution is 2.26. The van der Waals surface area contributed by atoms with Gasteiger partial charge in [0.2, 0.25) is 5.91 Å². The molecule has 0 bridgehead atoms. The van der Waals surface area contributed by atoms with E-state index in [1.807, 2.05) is 0 Å². The number of esters is 1. The average Bonchev–Trinajstić information content (AvgIpc) is 3.25. The fourth-order valence-corrected chi connectivity index (χ4v) is 2.61. The van der Waals surface area contributed by atoms with Crippen LogP contribution in [0.5, 0.6) is 0 Å². The third-order valence-electron chi connectivity index (χ3n) is 4.06. The molecule has 2 amide bonds. The van der Waals surface area contributed by atoms with Gasteiger partial charge in [0.25, 0.3) is 5.91 Å². The molecule has 1 saturated carbocycles. The summed E-state index contributed by atoms with van der Waals surface area (Å²) >= 11 is 0. The Morgan fingerprint density at radius 2 is 2.04 bits per heavy atom. The highest BCUT2D eigenvalue weighted by atomic mass is 16.5. The van der Waals surface area contributed by atoms with E-state index >= 15 is 0 Å². The van der Waals surface area contributed by atoms with Crippen LogP contribution in [0.2, 0.25) is 0 Å². The lowest BCUT2D eigenvalue weighted by atomic mass is 10.1. The van der Waals surface area contributed by atoms with Gasteiger partial charge in [0.1, 0.15) is 0 Å². The standard InChI is InChI=1S/C17H20N2O4/c1-11(16(21)18-12-8-9-12)23-17(22)13-5-2-3-6-14(13)19-10-4-7-15(19)20/h2-3,5-6,11-12H,4,7-10H2,1H3,(H,18,21)/t11-/m1/s1. The minimum atomic E-state index is -0.856. The number of carbonyl (C=O) groups excluding carboxylic acids is 3. The molecule has 1 aromatic carbocycles. The average molecular weight is 316 g/mol. The molecule has 1 aromatic rings. The first-order valence-corrected chi connectivity index (χ1v) is 7.97. The Kier molecular flexibility index (Phi) is 4.32. The van der Waals surface area contributed by atoms with Gasteiger partial charge in [-0.25, -0.2) is 4.79 Å². The number of rotatable bonds is 5. The van der Waals surface area contributed by atoms with Crippen molar-refractivity contribution in [3.8, 4) is 0 Å². The SMILES string of the molecule is C[C@@H](OC(=O)c1ccccc1N1CCCC1=O)C(=O)NC1CC1. The number of hydrogen-bond donors (Lipinski definition) is 1. The van der Waals surface area contributed by atoms with Crippen molar-refractivity contribution in [2.45, 2.75) is 44.8 Å². The molecule has 0 aromatic heterocycles. The molecular formula is C17H20N2O4. The Hall–Kier alpha value is -2.37. The summed E-state index contributed by atoms with van der Waals surface area (Å²) in [5, 5.41) is 2.81. The second-order valence-corrected chi connectivity index (χ2v) is 6.00. The van der Waals surface area contributed by atoms with Crippen LogP contribution in [0, 0.1) is 0 Å². The zero-order valence-electron chi connectivity index (χ0n) is 13.1. The number of carbonyl (C=O) groups is 3. The van der Waals surface area contributed by atoms with Gasteiger partial charge < -0.3 is 15.0 Å². The summed E-state index contributed by atoms with van der Waals surface area (Å²) in [6.07, 6.45) is 2.37. The number of nitrogens with one attached hydrogen (secondary N) is 1. The molecule has 122 valence electrons. The molecule has 2 fully saturated rings. The predicted molar refractivity (Wildman–Crippen MR) is 84.1 cm³/mol. The monoisotopic (exact) mass is 316 g/mol. The Balaban J connectivity index is 1.71. The number of nitrogens with zero attached hydrogens (tertiary/aromatic N) is 1. The second-order valence-electron chi connectivity index (χ2n) is 6.00. The van der Waals surface area contributed by atoms with Gasteiger partial charge >= 0.3 is 5.97 Å². The molecule has 6 heteroatoms. The molecule has 1 aliphatic heterocycles. The van der Waals surface area contributed by atoms with Crippen molar-refractivity contribution in [2.75, 3.05) is 11.4 Å². The van der Waals surface area contributed by atoms with E-state index < -0.39 is 12.1 Å². The van der Waals surface area contributed by atoms with E-state index in [-0.39, 0.29) is 17.9 Å². The summed E-state index contributed by atoms with van der Waals surface area (Å²) in [7, 11) is 0. The quantitative estimate of drug-likeness (QED) is 0.838. The minimum Gasteiger partial charge on any atom is -0.449 e. The lowest BCUT2D eigenvalue weighted by molar-refractivity contribution is -0.129. The Bertz CT molecular complexity index is 639. The molecule has 1 aliphatic carbocycles. The van der Waals surface area contributed by atoms with Crippen LogP contribution in [0.15, 0.2) is 24.3 Å². The van der Waals surface area contributed by atoms with E-state index in [1.54, 1.807) is 36.1 Å². The summed E-state index contributed by atoms with van der Waals surface area (Å²) in [5.41, 5.74) is 0.864. The fraction of sp³-hybridized carbons (Fsp3) is 0.471. The van der Waals surface area contributed by atoms with Crippen LogP contribution in [0.4, 0.5) is 5.69 Å². The molecular weight excluding hydrogens is 296 g/mol. The molecule has 23 heavy (non-hydrogen) atoms. The number of ether oxygens (including phenoxy) is 1. The van der Waals surface area contributed by atoms with Crippen LogP contribution in [-0.2, 0) is 14.3 Å². The van der Waals surface area contributed by atoms with Gasteiger partial charge in [0.05, 0.1) is 11.3 Å². The number of benzene rings is 1. The first kappa shape index (κ1) is 15.5. The summed E-state index contributed by atoms with van der Waals surface area (Å²) in [5.74, 6) is -0.862. The van der Waals surface area contributed by atoms with Crippen molar-refractivity contribution in [1.29, 1.82) is 0 Å². The smallest absolute Gasteiger partial charge is 0.341 e. The largest absolute Gasteiger partial charge is 0.449 e. The van der Waals surface area contributed by atoms with Crippen LogP contribution < -0.4 is 10.2 Å². The number of hydrogen-bond acceptors (Lipinski definition) is 4. The van der Waals surface area contributed by atoms with Gasteiger partial charge in [-0.1, -0.05) is 12.1 Å². The second kappa shape index (κ2) is 6.40. The molecule has 1 heterocycles. The molecule has 1 saturated heterocycles. The van der Waals surface area contributed by atoms with Crippen molar-refractivity contribution in [1.82, 2.24) is 5.32 Å². The first-order chi connectivity index (χ1) is 11.1. The van der Waals surface area contributed by atoms with Gasteiger partial charge in [-0.15, -0.1) is 0 Å². The third kappa shape index (κ3) is 3.52. The van der Waals surface area contributed by atoms with Gasteiger partial charge in [-0.2, -0.15) is 0 Å². The zero-order chi connectivity index (χ0) is 16.4. The van der Waals surface area contributed by atoms with Crippen molar-refractivity contribution < 1.29 is 19.1 Å². The van der Waals surface area contributed by atoms with Crippen molar-refractivity contribution in [3.05, 3.63) is 29.8 Å². The van der Waals surface area contributed by atoms with Gasteiger partial charge in [-0.3, -0.25) is 9.59 Å². The molecule has 0 radical (unpaired) electrons. The summed E-state index contributed by atoms with van der Waals surface area (Å²) < 4.78 is 5.27. The van der Waals surface area contributed by atoms with E-state index in [0.29, 0.717) is 24.2 Å². The van der Waals surface area contributed by atoms with E-state index in [1.165, 1.54) is 0 Å². The normalized spacial score (nSPS) is 18.7. The van der Waals surface area contributed by atoms with Crippen LogP contribution >= 0.6 is 0 Å². The molecule has 1 N–H and O–H groups in total. The molecule has 6 nitrogen and oxygen atoms in total. The third-order valence-corrected chi connectivity index (χ3v) is 4.06. The number of para-hydroxylation sites is 1. The highest BCUT2D eigenvalue weighted by Gasteiger charge is 2.29. The van der Waals surface area contributed by atoms with E-state index in [2.05, 4.69) is 5.32 Å². The lowest BCUT2D eigenvalue weighted by Crippen LogP contribution is -2.37. The van der Waals surface area contributed by atoms with Crippen LogP contribution in [0.3, 0.4) is 0 Å². The molecule has 1 atom stereocenters. The summed E-state index contributed by atoms with van der Waals surface area (Å²) in [6.45, 7) is 2.15. The Labute approximate surface area is 134 Å². The maximum atomic E-state index is 12.4. The number of anilines is 1. The lowest BCUT2D eigenvalue weighted by Gasteiger charge is -2.20. The maximum absolute atomic E-state index is 12.4. The Morgan fingerprint density at radius 3 is 2.70 bits per heavy atom. The van der Waals surface area contributed by atoms with E-state index in [0.717, 1.165) is 19.3 Å². The summed E-state index contributed by atoms with van der Waals surface area (Å²) in [6, 6.07) is 7.07. The molecule has 3 rings (SSSR count). The van der Waals surface area contributed by atoms with Crippen molar-refractivity contribution in [3.63, 3.8) is 0 Å². The van der Waals surface area contributed by atoms with Crippen molar-refractivity contribution >= 4 is 23.5 Å². The minimum absolute atomic E-state index is 0.00442. The molecule has 2 aliphatic rings. The van der Waals surface area contributed by atoms with Crippen LogP contribution in [0.1, 0.15) is 43.0 Å². The number of amides is 2. The topological polar surface area (TPSA) is 75.7 Å². The van der Waals surface area contributed by atoms with E-state index in [9.17, 15) is 14.4 Å². The predicted octanol–water partition coefficient (Wildman–Crippen LogP) is 1.64. The maximum Gasteiger partial charge on any atom is 0.341 e. The van der Waals surface area contributed by atoms with Gasteiger partial charge in [0, 0.05) is 19.0 Å². The van der Waals surface area contributed by atoms with Crippen LogP contribution in [-0.4, -0.2) is 36.5 Å². The van der Waals surface area contributed by atoms with Gasteiger partial charge in [-0.05, 0) is 38.3 Å². The molecule has 0 unspecified atom stereocenters. The summed E-state index contributed by atoms with van der Waals surface area (Å²) in [4.78, 5) is 37.8. The highest BCUT2D eigenvalue weighted by molar-refractivity contribution is 6.04. The van der Waals surface area contributed by atoms with Crippen molar-refractivity contribution in [2.24, 2.45) is 0 Å². The molecule has 0 spiro atoms. The van der Waals surface area contributed by atoms with Crippen LogP contribution in [0.25, 0.3) is 0 Å². The van der Waals surface area contributed by atoms with E-state index in [4.69, 9.17) is 4.74 Å². The Morgan fingerprint density at radius 1 is 1.30 bits per heavy atom. The fourth-order valence-electron chi connectivity index (χ4n) is 2.61.